The monoisotopic (exact) mass is 814 g/mol. The van der Waals surface area contributed by atoms with E-state index in [1.165, 1.54) is 0 Å². The molecule has 0 saturated carbocycles. The number of unbranched alkanes of at least 4 members (excludes halogenated alkanes) is 4. The molecule has 2 saturated heterocycles. The van der Waals surface area contributed by atoms with Crippen molar-refractivity contribution < 1.29 is 28.7 Å². The highest BCUT2D eigenvalue weighted by molar-refractivity contribution is 5.85. The summed E-state index contributed by atoms with van der Waals surface area (Å²) in [4.78, 5) is 56.7. The number of halogens is 2. The smallest absolute Gasteiger partial charge is 0.409 e. The third-order valence-electron chi connectivity index (χ3n) is 9.07. The maximum absolute atomic E-state index is 12.6. The predicted octanol–water partition coefficient (Wildman–Crippen LogP) is 4.42. The van der Waals surface area contributed by atoms with Crippen molar-refractivity contribution in [2.45, 2.75) is 64.7 Å². The Morgan fingerprint density at radius 1 is 0.554 bits per heavy atom. The van der Waals surface area contributed by atoms with Crippen LogP contribution in [0.25, 0.3) is 0 Å². The minimum absolute atomic E-state index is 0. The van der Waals surface area contributed by atoms with Gasteiger partial charge in [-0.05, 0) is 59.8 Å². The van der Waals surface area contributed by atoms with Crippen molar-refractivity contribution in [3.05, 3.63) is 70.8 Å². The first-order chi connectivity index (χ1) is 26.4. The molecule has 2 aromatic rings. The highest BCUT2D eigenvalue weighted by Crippen LogP contribution is 2.10. The minimum atomic E-state index is -0.359. The van der Waals surface area contributed by atoms with Crippen LogP contribution in [0, 0.1) is 23.7 Å². The summed E-state index contributed by atoms with van der Waals surface area (Å²) < 4.78 is 10.8. The van der Waals surface area contributed by atoms with Crippen molar-refractivity contribution >= 4 is 49.1 Å². The van der Waals surface area contributed by atoms with Crippen LogP contribution in [-0.2, 0) is 35.7 Å². The molecule has 2 heterocycles. The summed E-state index contributed by atoms with van der Waals surface area (Å²) in [7, 11) is 0. The number of urea groups is 2. The van der Waals surface area contributed by atoms with Crippen LogP contribution in [0.5, 0.6) is 0 Å². The van der Waals surface area contributed by atoms with Crippen molar-refractivity contribution in [1.82, 2.24) is 30.2 Å². The lowest BCUT2D eigenvalue weighted by molar-refractivity contribution is 0.0803. The molecule has 0 unspecified atom stereocenters. The maximum atomic E-state index is 12.6. The first-order valence-electron chi connectivity index (χ1n) is 18.8. The van der Waals surface area contributed by atoms with Gasteiger partial charge in [-0.2, -0.15) is 0 Å². The molecule has 2 aliphatic heterocycles. The van der Waals surface area contributed by atoms with E-state index in [1.807, 2.05) is 48.5 Å². The van der Waals surface area contributed by atoms with E-state index in [9.17, 15) is 19.2 Å². The summed E-state index contributed by atoms with van der Waals surface area (Å²) in [6, 6.07) is 15.3. The summed E-state index contributed by atoms with van der Waals surface area (Å²) in [5, 5.41) is 5.86. The van der Waals surface area contributed by atoms with Crippen LogP contribution in [0.3, 0.4) is 0 Å². The van der Waals surface area contributed by atoms with Crippen molar-refractivity contribution in [3.63, 3.8) is 0 Å². The van der Waals surface area contributed by atoms with Crippen LogP contribution in [0.2, 0.25) is 0 Å². The van der Waals surface area contributed by atoms with Crippen LogP contribution in [-0.4, -0.2) is 109 Å². The van der Waals surface area contributed by atoms with E-state index in [0.717, 1.165) is 35.1 Å². The van der Waals surface area contributed by atoms with Crippen molar-refractivity contribution in [1.29, 1.82) is 0 Å². The number of hydrogen-bond donors (Lipinski definition) is 4. The number of nitrogens with zero attached hydrogens (tertiary/aromatic N) is 4. The lowest BCUT2D eigenvalue weighted by Gasteiger charge is -2.34. The van der Waals surface area contributed by atoms with E-state index >= 15 is 0 Å². The van der Waals surface area contributed by atoms with Gasteiger partial charge in [-0.15, -0.1) is 24.8 Å². The highest BCUT2D eigenvalue weighted by atomic mass is 35.5. The van der Waals surface area contributed by atoms with Crippen LogP contribution in [0.1, 0.15) is 60.8 Å². The van der Waals surface area contributed by atoms with E-state index in [1.54, 1.807) is 19.6 Å². The van der Waals surface area contributed by atoms with Gasteiger partial charge in [-0.3, -0.25) is 0 Å². The van der Waals surface area contributed by atoms with Gasteiger partial charge in [-0.25, -0.2) is 19.2 Å². The molecule has 0 aliphatic carbocycles. The molecule has 0 spiro atoms. The quantitative estimate of drug-likeness (QED) is 0.160. The number of ether oxygens (including phenoxy) is 2. The molecular formula is C40H56Cl2N8O6. The molecule has 4 rings (SSSR count). The topological polar surface area (TPSA) is 176 Å². The van der Waals surface area contributed by atoms with Crippen LogP contribution in [0.15, 0.2) is 48.5 Å². The molecule has 0 bridgehead atoms. The van der Waals surface area contributed by atoms with E-state index in [2.05, 4.69) is 34.3 Å². The average molecular weight is 816 g/mol. The third-order valence-corrected chi connectivity index (χ3v) is 9.07. The van der Waals surface area contributed by atoms with Gasteiger partial charge in [-0.1, -0.05) is 60.4 Å². The van der Waals surface area contributed by atoms with Crippen molar-refractivity contribution in [2.24, 2.45) is 11.5 Å². The number of benzene rings is 2. The number of nitrogens with two attached hydrogens (primary N) is 2. The van der Waals surface area contributed by atoms with Gasteiger partial charge in [0.1, 0.15) is 0 Å². The number of piperazine rings is 2. The second-order valence-corrected chi connectivity index (χ2v) is 13.1. The van der Waals surface area contributed by atoms with E-state index in [-0.39, 0.29) is 49.1 Å². The molecule has 306 valence electrons. The normalized spacial score (nSPS) is 13.4. The maximum Gasteiger partial charge on any atom is 0.409 e. The molecule has 6 N–H and O–H groups in total. The number of carbonyl (C=O) groups excluding carboxylic acids is 4. The Morgan fingerprint density at radius 2 is 0.911 bits per heavy atom. The van der Waals surface area contributed by atoms with Gasteiger partial charge in [0.2, 0.25) is 0 Å². The van der Waals surface area contributed by atoms with E-state index in [0.29, 0.717) is 117 Å². The fraction of sp³-hybridized carbons (Fsp3) is 0.500. The Balaban J connectivity index is 0.00000541. The molecule has 2 aliphatic rings. The Morgan fingerprint density at radius 3 is 1.29 bits per heavy atom. The first kappa shape index (κ1) is 47.3. The summed E-state index contributed by atoms with van der Waals surface area (Å²) >= 11 is 0. The summed E-state index contributed by atoms with van der Waals surface area (Å²) in [5.74, 6) is 11.8. The fourth-order valence-corrected chi connectivity index (χ4v) is 5.84. The Labute approximate surface area is 343 Å². The third kappa shape index (κ3) is 16.9. The SMILES string of the molecule is Cl.Cl.NCc1cccc(CNC(=O)N2CCN(C(=O)OCCCCC#CC#CCCCCOC(=O)N3CCN(C(=O)NCc4cccc(CN)c4)CC3)CC2)c1. The van der Waals surface area contributed by atoms with E-state index in [4.69, 9.17) is 20.9 Å². The predicted molar refractivity (Wildman–Crippen MR) is 220 cm³/mol. The fourth-order valence-electron chi connectivity index (χ4n) is 5.84. The molecule has 0 atom stereocenters. The number of nitrogens with one attached hydrogen (secondary N) is 2. The Hall–Kier alpha value is -4.86. The lowest BCUT2D eigenvalue weighted by Crippen LogP contribution is -2.53. The molecule has 16 heteroatoms. The number of amides is 6. The summed E-state index contributed by atoms with van der Waals surface area (Å²) in [6.45, 7) is 5.90. The average Bonchev–Trinajstić information content (AvgIpc) is 3.22. The van der Waals surface area contributed by atoms with Gasteiger partial charge >= 0.3 is 24.2 Å². The molecule has 14 nitrogen and oxygen atoms in total. The summed E-state index contributed by atoms with van der Waals surface area (Å²) in [6.07, 6.45) is 3.60. The molecule has 2 aromatic carbocycles. The van der Waals surface area contributed by atoms with Gasteiger partial charge < -0.3 is 51.2 Å². The zero-order valence-corrected chi connectivity index (χ0v) is 33.6. The molecule has 6 amide bonds. The highest BCUT2D eigenvalue weighted by Gasteiger charge is 2.26. The molecule has 56 heavy (non-hydrogen) atoms. The Kier molecular flexibility index (Phi) is 22.7. The lowest BCUT2D eigenvalue weighted by atomic mass is 10.1. The minimum Gasteiger partial charge on any atom is -0.449 e. The molecule has 2 fully saturated rings. The van der Waals surface area contributed by atoms with Crippen LogP contribution < -0.4 is 22.1 Å². The van der Waals surface area contributed by atoms with Gasteiger partial charge in [0, 0.05) is 91.4 Å². The number of rotatable bonds is 14. The molecule has 0 aromatic heterocycles. The Bertz CT molecular complexity index is 1540. The van der Waals surface area contributed by atoms with E-state index < -0.39 is 0 Å². The van der Waals surface area contributed by atoms with Crippen LogP contribution >= 0.6 is 24.8 Å². The zero-order chi connectivity index (χ0) is 38.4. The van der Waals surface area contributed by atoms with Crippen molar-refractivity contribution in [2.75, 3.05) is 65.6 Å². The van der Waals surface area contributed by atoms with Gasteiger partial charge in [0.15, 0.2) is 0 Å². The van der Waals surface area contributed by atoms with Gasteiger partial charge in [0.25, 0.3) is 0 Å². The second kappa shape index (κ2) is 26.9. The van der Waals surface area contributed by atoms with Crippen LogP contribution in [0.4, 0.5) is 19.2 Å². The van der Waals surface area contributed by atoms with Gasteiger partial charge in [0.05, 0.1) is 13.2 Å². The zero-order valence-electron chi connectivity index (χ0n) is 32.0. The number of hydrogen-bond acceptors (Lipinski definition) is 8. The first-order valence-corrected chi connectivity index (χ1v) is 18.8. The number of carbonyl (C=O) groups is 4. The van der Waals surface area contributed by atoms with Crippen molar-refractivity contribution in [3.8, 4) is 23.7 Å². The summed E-state index contributed by atoms with van der Waals surface area (Å²) in [5.41, 5.74) is 15.4. The molecular weight excluding hydrogens is 759 g/mol. The standard InChI is InChI=1S/C40H54N8O6.2ClH/c41-29-33-13-11-15-35(27-33)31-43-37(49)45-17-21-47(22-18-45)39(51)53-25-9-7-5-3-1-2-4-6-8-10-26-54-40(52)48-23-19-46(20-24-48)38(50)44-32-36-16-12-14-34(28-36)30-42;;/h11-16,27-28H,5-10,17-26,29-32,41-42H2,(H,43,49)(H,44,50);2*1H. The molecule has 0 radical (unpaired) electrons. The largest absolute Gasteiger partial charge is 0.449 e. The second-order valence-electron chi connectivity index (χ2n) is 13.1.